The fourth-order valence-corrected chi connectivity index (χ4v) is 2.44. The molecule has 0 spiro atoms. The van der Waals surface area contributed by atoms with Crippen LogP contribution in [0.4, 0.5) is 0 Å². The van der Waals surface area contributed by atoms with E-state index in [-0.39, 0.29) is 24.0 Å². The molecule has 0 saturated heterocycles. The SMILES string of the molecule is CCCCOc1cccc(CN=C(NCC)NCCc2ccccn2)c1.I. The molecule has 0 aliphatic rings. The van der Waals surface area contributed by atoms with E-state index in [2.05, 4.69) is 46.6 Å². The van der Waals surface area contributed by atoms with Gasteiger partial charge in [-0.25, -0.2) is 4.99 Å². The fourth-order valence-electron chi connectivity index (χ4n) is 2.44. The Balaban J connectivity index is 0.00000364. The molecule has 27 heavy (non-hydrogen) atoms. The van der Waals surface area contributed by atoms with Crippen LogP contribution in [0.25, 0.3) is 0 Å². The summed E-state index contributed by atoms with van der Waals surface area (Å²) in [4.78, 5) is 9.01. The Kier molecular flexibility index (Phi) is 12.3. The Hall–Kier alpha value is -1.83. The molecular weight excluding hydrogens is 451 g/mol. The average Bonchev–Trinajstić information content (AvgIpc) is 2.67. The van der Waals surface area contributed by atoms with E-state index in [0.717, 1.165) is 61.9 Å². The average molecular weight is 482 g/mol. The number of benzene rings is 1. The summed E-state index contributed by atoms with van der Waals surface area (Å²) >= 11 is 0. The number of rotatable bonds is 10. The van der Waals surface area contributed by atoms with Crippen molar-refractivity contribution in [3.05, 3.63) is 59.9 Å². The van der Waals surface area contributed by atoms with Crippen LogP contribution in [0.5, 0.6) is 5.75 Å². The predicted molar refractivity (Wildman–Crippen MR) is 123 cm³/mol. The number of aliphatic imine (C=N–C) groups is 1. The van der Waals surface area contributed by atoms with Crippen molar-refractivity contribution in [1.29, 1.82) is 0 Å². The molecular formula is C21H31IN4O. The second-order valence-corrected chi connectivity index (χ2v) is 6.04. The molecule has 0 aliphatic heterocycles. The maximum absolute atomic E-state index is 5.77. The van der Waals surface area contributed by atoms with Gasteiger partial charge in [0.25, 0.3) is 0 Å². The number of aromatic nitrogens is 1. The highest BCUT2D eigenvalue weighted by molar-refractivity contribution is 14.0. The van der Waals surface area contributed by atoms with E-state index in [1.165, 1.54) is 0 Å². The number of hydrogen-bond acceptors (Lipinski definition) is 3. The van der Waals surface area contributed by atoms with Crippen molar-refractivity contribution in [2.75, 3.05) is 19.7 Å². The summed E-state index contributed by atoms with van der Waals surface area (Å²) in [6.07, 6.45) is 4.91. The van der Waals surface area contributed by atoms with Crippen molar-refractivity contribution in [3.63, 3.8) is 0 Å². The largest absolute Gasteiger partial charge is 0.494 e. The van der Waals surface area contributed by atoms with Gasteiger partial charge in [0.2, 0.25) is 0 Å². The number of nitrogens with zero attached hydrogens (tertiary/aromatic N) is 2. The third-order valence-corrected chi connectivity index (χ3v) is 3.83. The molecule has 148 valence electrons. The van der Waals surface area contributed by atoms with E-state index in [4.69, 9.17) is 4.74 Å². The minimum Gasteiger partial charge on any atom is -0.494 e. The van der Waals surface area contributed by atoms with E-state index in [1.54, 1.807) is 0 Å². The molecule has 0 aliphatic carbocycles. The van der Waals surface area contributed by atoms with Gasteiger partial charge < -0.3 is 15.4 Å². The van der Waals surface area contributed by atoms with Gasteiger partial charge in [0.1, 0.15) is 5.75 Å². The quantitative estimate of drug-likeness (QED) is 0.231. The van der Waals surface area contributed by atoms with Gasteiger partial charge in [0.05, 0.1) is 13.2 Å². The van der Waals surface area contributed by atoms with Crippen molar-refractivity contribution in [2.24, 2.45) is 4.99 Å². The Morgan fingerprint density at radius 3 is 2.74 bits per heavy atom. The van der Waals surface area contributed by atoms with Crippen LogP contribution in [0.15, 0.2) is 53.7 Å². The van der Waals surface area contributed by atoms with Gasteiger partial charge in [-0.3, -0.25) is 4.98 Å². The van der Waals surface area contributed by atoms with Crippen LogP contribution in [0, 0.1) is 0 Å². The lowest BCUT2D eigenvalue weighted by atomic mass is 10.2. The van der Waals surface area contributed by atoms with Crippen LogP contribution < -0.4 is 15.4 Å². The molecule has 2 aromatic rings. The lowest BCUT2D eigenvalue weighted by Crippen LogP contribution is -2.38. The van der Waals surface area contributed by atoms with Crippen LogP contribution >= 0.6 is 24.0 Å². The smallest absolute Gasteiger partial charge is 0.191 e. The molecule has 6 heteroatoms. The van der Waals surface area contributed by atoms with Crippen LogP contribution in [-0.2, 0) is 13.0 Å². The molecule has 0 fully saturated rings. The summed E-state index contributed by atoms with van der Waals surface area (Å²) in [5.41, 5.74) is 2.22. The highest BCUT2D eigenvalue weighted by Crippen LogP contribution is 2.14. The van der Waals surface area contributed by atoms with Crippen LogP contribution in [0.3, 0.4) is 0 Å². The minimum absolute atomic E-state index is 0. The first-order valence-electron chi connectivity index (χ1n) is 9.45. The summed E-state index contributed by atoms with van der Waals surface area (Å²) in [6, 6.07) is 14.1. The van der Waals surface area contributed by atoms with Crippen molar-refractivity contribution in [1.82, 2.24) is 15.6 Å². The zero-order valence-corrected chi connectivity index (χ0v) is 18.6. The second-order valence-electron chi connectivity index (χ2n) is 6.04. The molecule has 0 unspecified atom stereocenters. The summed E-state index contributed by atoms with van der Waals surface area (Å²) in [5, 5.41) is 6.65. The number of halogens is 1. The molecule has 0 bridgehead atoms. The zero-order chi connectivity index (χ0) is 18.5. The zero-order valence-electron chi connectivity index (χ0n) is 16.3. The molecule has 0 saturated carbocycles. The first kappa shape index (κ1) is 23.2. The standard InChI is InChI=1S/C21H30N4O.HI/c1-3-5-15-26-20-11-8-9-18(16-20)17-25-21(22-4-2)24-14-12-19-10-6-7-13-23-19;/h6-11,13,16H,3-5,12,14-15,17H2,1-2H3,(H2,22,24,25);1H. The molecule has 5 nitrogen and oxygen atoms in total. The monoisotopic (exact) mass is 482 g/mol. The van der Waals surface area contributed by atoms with E-state index < -0.39 is 0 Å². The molecule has 0 radical (unpaired) electrons. The summed E-state index contributed by atoms with van der Waals surface area (Å²) in [6.45, 7) is 7.24. The minimum atomic E-state index is 0. The molecule has 0 atom stereocenters. The Bertz CT molecular complexity index is 664. The molecule has 1 heterocycles. The first-order valence-corrected chi connectivity index (χ1v) is 9.45. The number of hydrogen-bond donors (Lipinski definition) is 2. The molecule has 0 amide bonds. The summed E-state index contributed by atoms with van der Waals surface area (Å²) < 4.78 is 5.77. The summed E-state index contributed by atoms with van der Waals surface area (Å²) in [7, 11) is 0. The number of unbranched alkanes of at least 4 members (excludes halogenated alkanes) is 1. The van der Waals surface area contributed by atoms with E-state index in [1.807, 2.05) is 36.5 Å². The van der Waals surface area contributed by atoms with Crippen molar-refractivity contribution >= 4 is 29.9 Å². The molecule has 2 rings (SSSR count). The normalized spacial score (nSPS) is 10.8. The van der Waals surface area contributed by atoms with E-state index in [0.29, 0.717) is 6.54 Å². The fraction of sp³-hybridized carbons (Fsp3) is 0.429. The Morgan fingerprint density at radius 2 is 2.00 bits per heavy atom. The number of guanidine groups is 1. The van der Waals surface area contributed by atoms with E-state index >= 15 is 0 Å². The van der Waals surface area contributed by atoms with Gasteiger partial charge in [-0.15, -0.1) is 24.0 Å². The van der Waals surface area contributed by atoms with Gasteiger partial charge in [-0.2, -0.15) is 0 Å². The molecule has 2 N–H and O–H groups in total. The van der Waals surface area contributed by atoms with Gasteiger partial charge >= 0.3 is 0 Å². The van der Waals surface area contributed by atoms with E-state index in [9.17, 15) is 0 Å². The molecule has 1 aromatic heterocycles. The van der Waals surface area contributed by atoms with Crippen molar-refractivity contribution < 1.29 is 4.74 Å². The topological polar surface area (TPSA) is 58.5 Å². The predicted octanol–water partition coefficient (Wildman–Crippen LogP) is 4.18. The number of ether oxygens (including phenoxy) is 1. The first-order chi connectivity index (χ1) is 12.8. The lowest BCUT2D eigenvalue weighted by Gasteiger charge is -2.11. The Labute approximate surface area is 180 Å². The second kappa shape index (κ2) is 14.3. The van der Waals surface area contributed by atoms with Crippen molar-refractivity contribution in [3.8, 4) is 5.75 Å². The Morgan fingerprint density at radius 1 is 1.11 bits per heavy atom. The van der Waals surface area contributed by atoms with Crippen LogP contribution in [0.2, 0.25) is 0 Å². The van der Waals surface area contributed by atoms with Gasteiger partial charge in [-0.1, -0.05) is 31.5 Å². The summed E-state index contributed by atoms with van der Waals surface area (Å²) in [5.74, 6) is 1.74. The van der Waals surface area contributed by atoms with Gasteiger partial charge in [0.15, 0.2) is 5.96 Å². The van der Waals surface area contributed by atoms with Crippen LogP contribution in [0.1, 0.15) is 37.9 Å². The maximum Gasteiger partial charge on any atom is 0.191 e. The van der Waals surface area contributed by atoms with Crippen LogP contribution in [-0.4, -0.2) is 30.6 Å². The van der Waals surface area contributed by atoms with Gasteiger partial charge in [0, 0.05) is 31.4 Å². The highest BCUT2D eigenvalue weighted by Gasteiger charge is 2.00. The molecule has 1 aromatic carbocycles. The third-order valence-electron chi connectivity index (χ3n) is 3.83. The highest BCUT2D eigenvalue weighted by atomic mass is 127. The number of nitrogens with one attached hydrogen (secondary N) is 2. The van der Waals surface area contributed by atoms with Crippen molar-refractivity contribution in [2.45, 2.75) is 39.7 Å². The third kappa shape index (κ3) is 9.60. The maximum atomic E-state index is 5.77. The van der Waals surface area contributed by atoms with Gasteiger partial charge in [-0.05, 0) is 43.2 Å². The lowest BCUT2D eigenvalue weighted by molar-refractivity contribution is 0.309. The number of pyridine rings is 1.